The van der Waals surface area contributed by atoms with Crippen LogP contribution in [0.3, 0.4) is 0 Å². The molecule has 1 aromatic heterocycles. The highest BCUT2D eigenvalue weighted by atomic mass is 79.9. The second-order valence-corrected chi connectivity index (χ2v) is 5.44. The summed E-state index contributed by atoms with van der Waals surface area (Å²) in [6.07, 6.45) is 0.934. The van der Waals surface area contributed by atoms with E-state index in [9.17, 15) is 4.79 Å². The van der Waals surface area contributed by atoms with Gasteiger partial charge in [0, 0.05) is 30.3 Å². The molecular formula is C10H6Br2OS. The van der Waals surface area contributed by atoms with Gasteiger partial charge in [-0.15, -0.1) is 11.3 Å². The van der Waals surface area contributed by atoms with Crippen molar-refractivity contribution in [2.24, 2.45) is 0 Å². The SMILES string of the molecule is O=Cc1c(CBr)sc2cc(Br)ccc12. The standard InChI is InChI=1S/C10H6Br2OS/c11-4-10-8(5-13)7-2-1-6(12)3-9(7)14-10/h1-3,5H,4H2. The van der Waals surface area contributed by atoms with Gasteiger partial charge in [-0.1, -0.05) is 37.9 Å². The fourth-order valence-electron chi connectivity index (χ4n) is 1.37. The minimum atomic E-state index is 0.734. The fourth-order valence-corrected chi connectivity index (χ4v) is 3.59. The number of fused-ring (bicyclic) bond motifs is 1. The maximum absolute atomic E-state index is 10.9. The predicted octanol–water partition coefficient (Wildman–Crippen LogP) is 4.37. The summed E-state index contributed by atoms with van der Waals surface area (Å²) in [6.45, 7) is 0. The van der Waals surface area contributed by atoms with Crippen molar-refractivity contribution < 1.29 is 4.79 Å². The minimum absolute atomic E-state index is 0.734. The topological polar surface area (TPSA) is 17.1 Å². The van der Waals surface area contributed by atoms with Gasteiger partial charge in [-0.25, -0.2) is 0 Å². The average molecular weight is 334 g/mol. The Morgan fingerprint density at radius 1 is 1.43 bits per heavy atom. The van der Waals surface area contributed by atoms with Gasteiger partial charge in [0.2, 0.25) is 0 Å². The Hall–Kier alpha value is -0.190. The summed E-state index contributed by atoms with van der Waals surface area (Å²) in [5.74, 6) is 0. The number of carbonyl (C=O) groups excluding carboxylic acids is 1. The molecule has 0 amide bonds. The molecule has 72 valence electrons. The molecule has 1 aromatic carbocycles. The lowest BCUT2D eigenvalue weighted by Gasteiger charge is -1.91. The van der Waals surface area contributed by atoms with Crippen LogP contribution < -0.4 is 0 Å². The molecule has 2 rings (SSSR count). The van der Waals surface area contributed by atoms with E-state index >= 15 is 0 Å². The van der Waals surface area contributed by atoms with Crippen LogP contribution in [0.4, 0.5) is 0 Å². The number of thiophene rings is 1. The Labute approximate surface area is 102 Å². The van der Waals surface area contributed by atoms with Crippen LogP contribution in [0.1, 0.15) is 15.2 Å². The highest BCUT2D eigenvalue weighted by Gasteiger charge is 2.10. The third-order valence-electron chi connectivity index (χ3n) is 2.01. The Bertz CT molecular complexity index is 490. The summed E-state index contributed by atoms with van der Waals surface area (Å²) in [5, 5.41) is 1.78. The van der Waals surface area contributed by atoms with Gasteiger partial charge in [0.25, 0.3) is 0 Å². The lowest BCUT2D eigenvalue weighted by molar-refractivity contribution is 0.112. The molecule has 0 unspecified atom stereocenters. The van der Waals surface area contributed by atoms with E-state index < -0.39 is 0 Å². The van der Waals surface area contributed by atoms with E-state index in [0.29, 0.717) is 0 Å². The summed E-state index contributed by atoms with van der Waals surface area (Å²) in [7, 11) is 0. The van der Waals surface area contributed by atoms with Gasteiger partial charge in [0.1, 0.15) is 0 Å². The van der Waals surface area contributed by atoms with Crippen molar-refractivity contribution in [1.29, 1.82) is 0 Å². The van der Waals surface area contributed by atoms with Gasteiger partial charge < -0.3 is 0 Å². The lowest BCUT2D eigenvalue weighted by atomic mass is 10.1. The third-order valence-corrected chi connectivity index (χ3v) is 4.60. The fraction of sp³-hybridized carbons (Fsp3) is 0.100. The quantitative estimate of drug-likeness (QED) is 0.589. The van der Waals surface area contributed by atoms with Gasteiger partial charge in [-0.3, -0.25) is 4.79 Å². The molecule has 0 radical (unpaired) electrons. The monoisotopic (exact) mass is 332 g/mol. The van der Waals surface area contributed by atoms with Crippen molar-refractivity contribution in [2.75, 3.05) is 0 Å². The Morgan fingerprint density at radius 2 is 2.21 bits per heavy atom. The first-order valence-electron chi connectivity index (χ1n) is 3.98. The Morgan fingerprint density at radius 3 is 2.86 bits per heavy atom. The molecule has 0 saturated carbocycles. The van der Waals surface area contributed by atoms with E-state index in [-0.39, 0.29) is 0 Å². The molecule has 0 N–H and O–H groups in total. The molecule has 2 aromatic rings. The zero-order valence-corrected chi connectivity index (χ0v) is 11.1. The molecule has 4 heteroatoms. The highest BCUT2D eigenvalue weighted by molar-refractivity contribution is 9.10. The van der Waals surface area contributed by atoms with Crippen LogP contribution in [0.15, 0.2) is 22.7 Å². The maximum atomic E-state index is 10.9. The van der Waals surface area contributed by atoms with Crippen LogP contribution in [0.5, 0.6) is 0 Å². The smallest absolute Gasteiger partial charge is 0.151 e. The molecule has 0 saturated heterocycles. The summed E-state index contributed by atoms with van der Waals surface area (Å²) in [6, 6.07) is 5.98. The first-order valence-corrected chi connectivity index (χ1v) is 6.71. The number of aldehydes is 1. The Kier molecular flexibility index (Phi) is 3.04. The highest BCUT2D eigenvalue weighted by Crippen LogP contribution is 2.33. The maximum Gasteiger partial charge on any atom is 0.151 e. The lowest BCUT2D eigenvalue weighted by Crippen LogP contribution is -1.81. The van der Waals surface area contributed by atoms with Crippen LogP contribution in [0.2, 0.25) is 0 Å². The number of hydrogen-bond acceptors (Lipinski definition) is 2. The van der Waals surface area contributed by atoms with Crippen LogP contribution in [0.25, 0.3) is 10.1 Å². The van der Waals surface area contributed by atoms with Crippen LogP contribution in [-0.2, 0) is 5.33 Å². The van der Waals surface area contributed by atoms with Crippen LogP contribution in [-0.4, -0.2) is 6.29 Å². The number of alkyl halides is 1. The van der Waals surface area contributed by atoms with Crippen molar-refractivity contribution >= 4 is 59.6 Å². The zero-order chi connectivity index (χ0) is 10.1. The summed E-state index contributed by atoms with van der Waals surface area (Å²) in [5.41, 5.74) is 0.814. The molecule has 0 fully saturated rings. The normalized spacial score (nSPS) is 10.7. The van der Waals surface area contributed by atoms with Crippen molar-refractivity contribution in [3.63, 3.8) is 0 Å². The van der Waals surface area contributed by atoms with E-state index in [1.165, 1.54) is 0 Å². The summed E-state index contributed by atoms with van der Waals surface area (Å²) >= 11 is 8.46. The molecule has 0 aliphatic carbocycles. The number of hydrogen-bond donors (Lipinski definition) is 0. The first kappa shape index (κ1) is 10.3. The number of carbonyl (C=O) groups is 1. The summed E-state index contributed by atoms with van der Waals surface area (Å²) in [4.78, 5) is 12.0. The second kappa shape index (κ2) is 4.13. The molecule has 14 heavy (non-hydrogen) atoms. The van der Waals surface area contributed by atoms with Gasteiger partial charge >= 0.3 is 0 Å². The Balaban J connectivity index is 2.79. The molecule has 1 heterocycles. The van der Waals surface area contributed by atoms with E-state index in [2.05, 4.69) is 31.9 Å². The molecule has 0 atom stereocenters. The zero-order valence-electron chi connectivity index (χ0n) is 7.09. The van der Waals surface area contributed by atoms with Gasteiger partial charge in [-0.05, 0) is 12.1 Å². The molecule has 0 bridgehead atoms. The minimum Gasteiger partial charge on any atom is -0.298 e. The second-order valence-electron chi connectivity index (χ2n) is 2.83. The largest absolute Gasteiger partial charge is 0.298 e. The summed E-state index contributed by atoms with van der Waals surface area (Å²) < 4.78 is 2.20. The van der Waals surface area contributed by atoms with Gasteiger partial charge in [-0.2, -0.15) is 0 Å². The molecular weight excluding hydrogens is 328 g/mol. The third kappa shape index (κ3) is 1.66. The van der Waals surface area contributed by atoms with E-state index in [1.54, 1.807) is 11.3 Å². The average Bonchev–Trinajstić information content (AvgIpc) is 2.54. The van der Waals surface area contributed by atoms with E-state index in [0.717, 1.165) is 36.6 Å². The predicted molar refractivity (Wildman–Crippen MR) is 67.5 cm³/mol. The molecule has 0 spiro atoms. The first-order chi connectivity index (χ1) is 6.76. The van der Waals surface area contributed by atoms with Gasteiger partial charge in [0.05, 0.1) is 0 Å². The van der Waals surface area contributed by atoms with E-state index in [4.69, 9.17) is 0 Å². The van der Waals surface area contributed by atoms with Crippen molar-refractivity contribution in [3.05, 3.63) is 33.1 Å². The van der Waals surface area contributed by atoms with Crippen molar-refractivity contribution in [3.8, 4) is 0 Å². The van der Waals surface area contributed by atoms with Crippen molar-refractivity contribution in [1.82, 2.24) is 0 Å². The van der Waals surface area contributed by atoms with Crippen LogP contribution >= 0.6 is 43.2 Å². The van der Waals surface area contributed by atoms with Crippen molar-refractivity contribution in [2.45, 2.75) is 5.33 Å². The number of halogens is 2. The molecule has 0 aliphatic rings. The molecule has 1 nitrogen and oxygen atoms in total. The number of benzene rings is 1. The van der Waals surface area contributed by atoms with Gasteiger partial charge in [0.15, 0.2) is 6.29 Å². The van der Waals surface area contributed by atoms with E-state index in [1.807, 2.05) is 18.2 Å². The van der Waals surface area contributed by atoms with Crippen LogP contribution in [0, 0.1) is 0 Å². The molecule has 0 aliphatic heterocycles. The number of rotatable bonds is 2.